The average molecular weight is 279 g/mol. The van der Waals surface area contributed by atoms with E-state index in [-0.39, 0.29) is 5.41 Å². The van der Waals surface area contributed by atoms with Gasteiger partial charge in [-0.1, -0.05) is 26.8 Å². The summed E-state index contributed by atoms with van der Waals surface area (Å²) in [6, 6.07) is 7.33. The lowest BCUT2D eigenvalue weighted by molar-refractivity contribution is 0.474. The summed E-state index contributed by atoms with van der Waals surface area (Å²) < 4.78 is 0. The van der Waals surface area contributed by atoms with E-state index in [2.05, 4.69) is 31.1 Å². The highest BCUT2D eigenvalue weighted by atomic mass is 32.2. The van der Waals surface area contributed by atoms with Crippen LogP contribution in [0.2, 0.25) is 0 Å². The largest absolute Gasteiger partial charge is 0.508 e. The summed E-state index contributed by atoms with van der Waals surface area (Å²) in [5.74, 6) is 1.17. The van der Waals surface area contributed by atoms with Crippen molar-refractivity contribution in [2.24, 2.45) is 0 Å². The van der Waals surface area contributed by atoms with Gasteiger partial charge in [-0.25, -0.2) is 4.98 Å². The van der Waals surface area contributed by atoms with Gasteiger partial charge in [0.2, 0.25) is 0 Å². The molecule has 0 bridgehead atoms. The van der Waals surface area contributed by atoms with Gasteiger partial charge >= 0.3 is 0 Å². The number of thioether (sulfide) groups is 1. The molecule has 0 atom stereocenters. The van der Waals surface area contributed by atoms with Gasteiger partial charge in [0.05, 0.1) is 11.4 Å². The third-order valence-corrected chi connectivity index (χ3v) is 4.54. The third-order valence-electron chi connectivity index (χ3n) is 2.50. The maximum atomic E-state index is 9.39. The van der Waals surface area contributed by atoms with Gasteiger partial charge < -0.3 is 5.11 Å². The lowest BCUT2D eigenvalue weighted by Gasteiger charge is -2.14. The molecule has 1 heterocycles. The molecule has 1 aromatic carbocycles. The fraction of sp³-hybridized carbons (Fsp3) is 0.357. The Morgan fingerprint density at radius 2 is 2.11 bits per heavy atom. The number of rotatable bonds is 3. The maximum Gasteiger partial charge on any atom is 0.116 e. The first kappa shape index (κ1) is 13.4. The fourth-order valence-corrected chi connectivity index (χ4v) is 3.43. The summed E-state index contributed by atoms with van der Waals surface area (Å²) in [6.45, 7) is 6.52. The van der Waals surface area contributed by atoms with Gasteiger partial charge in [-0.2, -0.15) is 0 Å². The molecule has 0 aliphatic rings. The zero-order valence-electron chi connectivity index (χ0n) is 10.8. The van der Waals surface area contributed by atoms with E-state index in [9.17, 15) is 5.11 Å². The fourth-order valence-electron chi connectivity index (χ4n) is 1.44. The quantitative estimate of drug-likeness (QED) is 0.843. The van der Waals surface area contributed by atoms with Crippen molar-refractivity contribution in [3.8, 4) is 5.75 Å². The van der Waals surface area contributed by atoms with Crippen LogP contribution in [0.1, 0.15) is 31.5 Å². The Balaban J connectivity index is 2.01. The van der Waals surface area contributed by atoms with Crippen molar-refractivity contribution in [2.45, 2.75) is 36.8 Å². The molecule has 0 saturated carbocycles. The predicted octanol–water partition coefficient (Wildman–Crippen LogP) is 4.44. The molecule has 0 aliphatic heterocycles. The number of phenolic OH excluding ortho intramolecular Hbond substituents is 1. The lowest BCUT2D eigenvalue weighted by Crippen LogP contribution is -2.11. The molecular weight excluding hydrogens is 262 g/mol. The molecule has 1 N–H and O–H groups in total. The SMILES string of the molecule is CC(C)(C)c1csc(CSc2cccc(O)c2)n1. The number of aromatic nitrogens is 1. The molecule has 0 spiro atoms. The van der Waals surface area contributed by atoms with Crippen LogP contribution in [-0.2, 0) is 11.2 Å². The number of hydrogen-bond acceptors (Lipinski definition) is 4. The average Bonchev–Trinajstić information content (AvgIpc) is 2.74. The van der Waals surface area contributed by atoms with Gasteiger partial charge in [0, 0.05) is 15.7 Å². The Bertz CT molecular complexity index is 529. The van der Waals surface area contributed by atoms with Crippen molar-refractivity contribution in [3.05, 3.63) is 40.3 Å². The van der Waals surface area contributed by atoms with Crippen molar-refractivity contribution >= 4 is 23.1 Å². The molecule has 0 radical (unpaired) electrons. The van der Waals surface area contributed by atoms with Gasteiger partial charge in [-0.3, -0.25) is 0 Å². The van der Waals surface area contributed by atoms with Crippen LogP contribution >= 0.6 is 23.1 Å². The molecule has 0 amide bonds. The van der Waals surface area contributed by atoms with E-state index in [0.29, 0.717) is 5.75 Å². The molecule has 2 nitrogen and oxygen atoms in total. The molecule has 1 aromatic heterocycles. The van der Waals surface area contributed by atoms with Gasteiger partial charge in [0.15, 0.2) is 0 Å². The standard InChI is InChI=1S/C14H17NOS2/c1-14(2,3)12-8-18-13(15-12)9-17-11-6-4-5-10(16)7-11/h4-8,16H,9H2,1-3H3. The minimum atomic E-state index is 0.116. The van der Waals surface area contributed by atoms with Crippen LogP contribution in [0.5, 0.6) is 5.75 Å². The predicted molar refractivity (Wildman–Crippen MR) is 78.5 cm³/mol. The molecule has 2 aromatic rings. The van der Waals surface area contributed by atoms with E-state index in [4.69, 9.17) is 0 Å². The van der Waals surface area contributed by atoms with Gasteiger partial charge in [0.25, 0.3) is 0 Å². The zero-order valence-corrected chi connectivity index (χ0v) is 12.4. The van der Waals surface area contributed by atoms with Crippen LogP contribution in [0.15, 0.2) is 34.5 Å². The second-order valence-electron chi connectivity index (χ2n) is 5.16. The topological polar surface area (TPSA) is 33.1 Å². The first-order chi connectivity index (χ1) is 8.45. The van der Waals surface area contributed by atoms with Crippen LogP contribution < -0.4 is 0 Å². The van der Waals surface area contributed by atoms with E-state index in [1.165, 1.54) is 0 Å². The molecule has 0 saturated heterocycles. The summed E-state index contributed by atoms with van der Waals surface area (Å²) in [6.07, 6.45) is 0. The van der Waals surface area contributed by atoms with Crippen molar-refractivity contribution in [1.82, 2.24) is 4.98 Å². The Hall–Kier alpha value is -1.00. The summed E-state index contributed by atoms with van der Waals surface area (Å²) in [7, 11) is 0. The minimum absolute atomic E-state index is 0.116. The highest BCUT2D eigenvalue weighted by Gasteiger charge is 2.17. The summed E-state index contributed by atoms with van der Waals surface area (Å²) >= 11 is 3.40. The Morgan fingerprint density at radius 1 is 1.33 bits per heavy atom. The van der Waals surface area contributed by atoms with Crippen molar-refractivity contribution in [2.75, 3.05) is 0 Å². The summed E-state index contributed by atoms with van der Waals surface area (Å²) in [4.78, 5) is 5.73. The second-order valence-corrected chi connectivity index (χ2v) is 7.15. The van der Waals surface area contributed by atoms with Crippen LogP contribution in [0, 0.1) is 0 Å². The number of aromatic hydroxyl groups is 1. The smallest absolute Gasteiger partial charge is 0.116 e. The third kappa shape index (κ3) is 3.50. The Kier molecular flexibility index (Phi) is 3.97. The number of phenols is 1. The van der Waals surface area contributed by atoms with E-state index >= 15 is 0 Å². The highest BCUT2D eigenvalue weighted by molar-refractivity contribution is 7.98. The van der Waals surface area contributed by atoms with E-state index in [1.54, 1.807) is 35.2 Å². The number of benzene rings is 1. The molecule has 0 aliphatic carbocycles. The van der Waals surface area contributed by atoms with Crippen molar-refractivity contribution in [1.29, 1.82) is 0 Å². The lowest BCUT2D eigenvalue weighted by atomic mass is 9.93. The molecule has 0 unspecified atom stereocenters. The molecule has 4 heteroatoms. The van der Waals surface area contributed by atoms with Gasteiger partial charge in [-0.05, 0) is 18.2 Å². The number of thiazole rings is 1. The van der Waals surface area contributed by atoms with E-state index < -0.39 is 0 Å². The van der Waals surface area contributed by atoms with Gasteiger partial charge in [-0.15, -0.1) is 23.1 Å². The number of hydrogen-bond donors (Lipinski definition) is 1. The molecule has 96 valence electrons. The van der Waals surface area contributed by atoms with Crippen LogP contribution in [0.4, 0.5) is 0 Å². The normalized spacial score (nSPS) is 11.7. The van der Waals surface area contributed by atoms with Crippen LogP contribution in [0.25, 0.3) is 0 Å². The van der Waals surface area contributed by atoms with Crippen molar-refractivity contribution < 1.29 is 5.11 Å². The van der Waals surface area contributed by atoms with Crippen LogP contribution in [0.3, 0.4) is 0 Å². The monoisotopic (exact) mass is 279 g/mol. The maximum absolute atomic E-state index is 9.39. The minimum Gasteiger partial charge on any atom is -0.508 e. The number of nitrogens with zero attached hydrogens (tertiary/aromatic N) is 1. The van der Waals surface area contributed by atoms with E-state index in [1.807, 2.05) is 12.1 Å². The Labute approximate surface area is 116 Å². The second kappa shape index (κ2) is 5.33. The Morgan fingerprint density at radius 3 is 2.72 bits per heavy atom. The summed E-state index contributed by atoms with van der Waals surface area (Å²) in [5.41, 5.74) is 1.27. The molecule has 18 heavy (non-hydrogen) atoms. The highest BCUT2D eigenvalue weighted by Crippen LogP contribution is 2.29. The van der Waals surface area contributed by atoms with E-state index in [0.717, 1.165) is 21.3 Å². The first-order valence-corrected chi connectivity index (χ1v) is 7.68. The van der Waals surface area contributed by atoms with Gasteiger partial charge in [0.1, 0.15) is 10.8 Å². The first-order valence-electron chi connectivity index (χ1n) is 5.82. The molecule has 0 fully saturated rings. The molecular formula is C14H17NOS2. The summed E-state index contributed by atoms with van der Waals surface area (Å²) in [5, 5.41) is 12.7. The van der Waals surface area contributed by atoms with Crippen molar-refractivity contribution in [3.63, 3.8) is 0 Å². The molecule has 2 rings (SSSR count). The van der Waals surface area contributed by atoms with Crippen LogP contribution in [-0.4, -0.2) is 10.1 Å². The zero-order chi connectivity index (χ0) is 13.2.